The van der Waals surface area contributed by atoms with Crippen molar-refractivity contribution in [3.63, 3.8) is 0 Å². The van der Waals surface area contributed by atoms with Crippen molar-refractivity contribution < 1.29 is 24.9 Å². The number of unbranched alkanes of at least 4 members (excludes halogenated alkanes) is 10. The Morgan fingerprint density at radius 1 is 0.675 bits per heavy atom. The van der Waals surface area contributed by atoms with Gasteiger partial charge in [-0.05, 0) is 78.6 Å². The SMILES string of the molecule is CCCCCCCCc1ccc(-c2ccc(OCCCCCCCCc3cc(O)cc(C(=O)O)c3O)cc2)cc1. The second-order valence-electron chi connectivity index (χ2n) is 10.8. The van der Waals surface area contributed by atoms with E-state index in [4.69, 9.17) is 9.84 Å². The minimum atomic E-state index is -1.24. The maximum Gasteiger partial charge on any atom is 0.339 e. The Morgan fingerprint density at radius 3 is 1.85 bits per heavy atom. The number of hydrogen-bond acceptors (Lipinski definition) is 4. The van der Waals surface area contributed by atoms with Crippen LogP contribution in [0.15, 0.2) is 60.7 Å². The largest absolute Gasteiger partial charge is 0.508 e. The minimum absolute atomic E-state index is 0.132. The van der Waals surface area contributed by atoms with Gasteiger partial charge in [0.05, 0.1) is 6.61 Å². The summed E-state index contributed by atoms with van der Waals surface area (Å²) in [5.41, 5.74) is 4.09. The summed E-state index contributed by atoms with van der Waals surface area (Å²) in [6.45, 7) is 2.96. The number of aryl methyl sites for hydroxylation is 2. The molecular formula is C35H46O5. The number of aromatic hydroxyl groups is 2. The Labute approximate surface area is 239 Å². The van der Waals surface area contributed by atoms with Gasteiger partial charge in [0.15, 0.2) is 0 Å². The number of ether oxygens (including phenoxy) is 1. The van der Waals surface area contributed by atoms with Gasteiger partial charge in [0.2, 0.25) is 0 Å². The summed E-state index contributed by atoms with van der Waals surface area (Å²) in [5, 5.41) is 28.9. The molecule has 0 amide bonds. The van der Waals surface area contributed by atoms with Crippen molar-refractivity contribution in [2.24, 2.45) is 0 Å². The lowest BCUT2D eigenvalue weighted by atomic mass is 10.0. The summed E-state index contributed by atoms with van der Waals surface area (Å²) in [6.07, 6.45) is 15.8. The van der Waals surface area contributed by atoms with Gasteiger partial charge >= 0.3 is 5.97 Å². The zero-order valence-electron chi connectivity index (χ0n) is 24.0. The molecule has 5 heteroatoms. The number of phenolic OH excluding ortho intramolecular Hbond substituents is 1. The molecule has 0 unspecified atom stereocenters. The predicted octanol–water partition coefficient (Wildman–Crippen LogP) is 9.33. The van der Waals surface area contributed by atoms with Crippen LogP contribution < -0.4 is 4.74 Å². The van der Waals surface area contributed by atoms with E-state index in [1.54, 1.807) is 0 Å². The van der Waals surface area contributed by atoms with Gasteiger partial charge in [-0.2, -0.15) is 0 Å². The number of benzene rings is 3. The molecular weight excluding hydrogens is 500 g/mol. The fourth-order valence-electron chi connectivity index (χ4n) is 5.06. The first-order chi connectivity index (χ1) is 19.5. The molecule has 40 heavy (non-hydrogen) atoms. The third-order valence-corrected chi connectivity index (χ3v) is 7.47. The van der Waals surface area contributed by atoms with Crippen molar-refractivity contribution in [1.29, 1.82) is 0 Å². The molecule has 0 spiro atoms. The molecule has 0 bridgehead atoms. The van der Waals surface area contributed by atoms with Gasteiger partial charge in [-0.3, -0.25) is 0 Å². The highest BCUT2D eigenvalue weighted by Crippen LogP contribution is 2.29. The van der Waals surface area contributed by atoms with Gasteiger partial charge < -0.3 is 20.1 Å². The number of hydrogen-bond donors (Lipinski definition) is 3. The molecule has 3 aromatic carbocycles. The average molecular weight is 547 g/mol. The second-order valence-corrected chi connectivity index (χ2v) is 10.8. The maximum atomic E-state index is 11.2. The third-order valence-electron chi connectivity index (χ3n) is 7.47. The summed E-state index contributed by atoms with van der Waals surface area (Å²) in [6, 6.07) is 19.8. The van der Waals surface area contributed by atoms with E-state index in [-0.39, 0.29) is 17.1 Å². The first kappa shape index (κ1) is 31.1. The summed E-state index contributed by atoms with van der Waals surface area (Å²) in [4.78, 5) is 11.2. The van der Waals surface area contributed by atoms with Gasteiger partial charge in [-0.1, -0.05) is 101 Å². The number of carboxylic acid groups (broad SMARTS) is 1. The number of aromatic carboxylic acids is 1. The molecule has 0 saturated heterocycles. The minimum Gasteiger partial charge on any atom is -0.508 e. The van der Waals surface area contributed by atoms with Gasteiger partial charge in [-0.15, -0.1) is 0 Å². The number of carbonyl (C=O) groups is 1. The third kappa shape index (κ3) is 10.6. The van der Waals surface area contributed by atoms with Crippen LogP contribution in [0.1, 0.15) is 105 Å². The van der Waals surface area contributed by atoms with E-state index in [9.17, 15) is 15.0 Å². The molecule has 0 radical (unpaired) electrons. The van der Waals surface area contributed by atoms with E-state index >= 15 is 0 Å². The number of rotatable bonds is 19. The molecule has 3 rings (SSSR count). The highest BCUT2D eigenvalue weighted by molar-refractivity contribution is 5.91. The van der Waals surface area contributed by atoms with Crippen molar-refractivity contribution in [2.45, 2.75) is 96.8 Å². The lowest BCUT2D eigenvalue weighted by molar-refractivity contribution is 0.0693. The molecule has 216 valence electrons. The van der Waals surface area contributed by atoms with Crippen molar-refractivity contribution in [1.82, 2.24) is 0 Å². The maximum absolute atomic E-state index is 11.2. The van der Waals surface area contributed by atoms with Crippen LogP contribution in [0.4, 0.5) is 0 Å². The smallest absolute Gasteiger partial charge is 0.339 e. The zero-order valence-corrected chi connectivity index (χ0v) is 24.0. The highest BCUT2D eigenvalue weighted by atomic mass is 16.5. The Morgan fingerprint density at radius 2 is 1.23 bits per heavy atom. The monoisotopic (exact) mass is 546 g/mol. The Balaban J connectivity index is 1.27. The van der Waals surface area contributed by atoms with Gasteiger partial charge in [0, 0.05) is 0 Å². The van der Waals surface area contributed by atoms with Crippen molar-refractivity contribution >= 4 is 5.97 Å². The van der Waals surface area contributed by atoms with Crippen molar-refractivity contribution in [3.05, 3.63) is 77.4 Å². The van der Waals surface area contributed by atoms with E-state index in [1.807, 2.05) is 12.1 Å². The number of carboxylic acids is 1. The van der Waals surface area contributed by atoms with Crippen LogP contribution in [-0.2, 0) is 12.8 Å². The fraction of sp³-hybridized carbons (Fsp3) is 0.457. The number of phenols is 2. The van der Waals surface area contributed by atoms with E-state index in [1.165, 1.54) is 61.3 Å². The molecule has 0 fully saturated rings. The van der Waals surface area contributed by atoms with Gasteiger partial charge in [-0.25, -0.2) is 4.79 Å². The Kier molecular flexibility index (Phi) is 13.4. The standard InChI is InChI=1S/C35H46O5/c1-2-3-4-5-8-11-14-27-16-18-28(19-17-27)29-20-22-32(23-21-29)40-24-13-10-7-6-9-12-15-30-25-31(36)26-33(34(30)37)35(38)39/h16-23,25-26,36-37H,2-15,24H2,1H3,(H,38,39). The molecule has 3 aromatic rings. The molecule has 0 aromatic heterocycles. The van der Waals surface area contributed by atoms with E-state index in [0.717, 1.165) is 56.8 Å². The molecule has 0 aliphatic carbocycles. The van der Waals surface area contributed by atoms with E-state index < -0.39 is 5.97 Å². The van der Waals surface area contributed by atoms with Crippen LogP contribution in [-0.4, -0.2) is 27.9 Å². The topological polar surface area (TPSA) is 87.0 Å². The van der Waals surface area contributed by atoms with Crippen molar-refractivity contribution in [2.75, 3.05) is 6.61 Å². The molecule has 3 N–H and O–H groups in total. The van der Waals surface area contributed by atoms with Crippen molar-refractivity contribution in [3.8, 4) is 28.4 Å². The first-order valence-corrected chi connectivity index (χ1v) is 15.1. The van der Waals surface area contributed by atoms with Gasteiger partial charge in [0.1, 0.15) is 22.8 Å². The molecule has 0 heterocycles. The summed E-state index contributed by atoms with van der Waals surface area (Å²) in [5.74, 6) is -0.716. The molecule has 0 aliphatic rings. The van der Waals surface area contributed by atoms with Crippen LogP contribution in [0, 0.1) is 0 Å². The highest BCUT2D eigenvalue weighted by Gasteiger charge is 2.15. The molecule has 5 nitrogen and oxygen atoms in total. The Hall–Kier alpha value is -3.47. The second kappa shape index (κ2) is 17.3. The van der Waals surface area contributed by atoms with Crippen LogP contribution in [0.2, 0.25) is 0 Å². The van der Waals surface area contributed by atoms with Gasteiger partial charge in [0.25, 0.3) is 0 Å². The zero-order chi connectivity index (χ0) is 28.6. The quantitative estimate of drug-likeness (QED) is 0.103. The lowest BCUT2D eigenvalue weighted by Gasteiger charge is -2.09. The summed E-state index contributed by atoms with van der Waals surface area (Å²) < 4.78 is 5.94. The summed E-state index contributed by atoms with van der Waals surface area (Å²) >= 11 is 0. The van der Waals surface area contributed by atoms with Crippen LogP contribution >= 0.6 is 0 Å². The molecule has 0 aliphatic heterocycles. The normalized spacial score (nSPS) is 11.0. The molecule has 0 atom stereocenters. The summed E-state index contributed by atoms with van der Waals surface area (Å²) in [7, 11) is 0. The van der Waals surface area contributed by atoms with E-state index in [2.05, 4.69) is 43.3 Å². The first-order valence-electron chi connectivity index (χ1n) is 15.1. The predicted molar refractivity (Wildman–Crippen MR) is 163 cm³/mol. The van der Waals surface area contributed by atoms with Crippen LogP contribution in [0.3, 0.4) is 0 Å². The van der Waals surface area contributed by atoms with E-state index in [0.29, 0.717) is 18.6 Å². The fourth-order valence-corrected chi connectivity index (χ4v) is 5.06. The lowest BCUT2D eigenvalue weighted by Crippen LogP contribution is -1.99. The van der Waals surface area contributed by atoms with Crippen LogP contribution in [0.5, 0.6) is 17.2 Å². The Bertz CT molecular complexity index is 1150. The van der Waals surface area contributed by atoms with Crippen LogP contribution in [0.25, 0.3) is 11.1 Å². The average Bonchev–Trinajstić information content (AvgIpc) is 2.96. The molecule has 0 saturated carbocycles.